The van der Waals surface area contributed by atoms with Gasteiger partial charge in [0.25, 0.3) is 5.91 Å². The quantitative estimate of drug-likeness (QED) is 0.286. The van der Waals surface area contributed by atoms with Gasteiger partial charge < -0.3 is 10.1 Å². The molecule has 4 aromatic rings. The number of rotatable bonds is 10. The molecule has 0 atom stereocenters. The monoisotopic (exact) mass is 446 g/mol. The van der Waals surface area contributed by atoms with Crippen LogP contribution in [0, 0.1) is 0 Å². The molecule has 0 saturated heterocycles. The number of nitrogens with one attached hydrogen (secondary N) is 1. The molecule has 6 nitrogen and oxygen atoms in total. The highest BCUT2D eigenvalue weighted by Crippen LogP contribution is 2.26. The van der Waals surface area contributed by atoms with Gasteiger partial charge >= 0.3 is 0 Å². The van der Waals surface area contributed by atoms with Crippen LogP contribution in [-0.4, -0.2) is 40.7 Å². The second-order valence-corrected chi connectivity index (χ2v) is 8.34. The first-order chi connectivity index (χ1) is 15.7. The molecule has 0 radical (unpaired) electrons. The van der Waals surface area contributed by atoms with E-state index < -0.39 is 0 Å². The molecule has 0 saturated carbocycles. The lowest BCUT2D eigenvalue weighted by Gasteiger charge is -2.10. The van der Waals surface area contributed by atoms with Crippen molar-refractivity contribution >= 4 is 28.8 Å². The van der Waals surface area contributed by atoms with Crippen LogP contribution in [0.25, 0.3) is 11.2 Å². The van der Waals surface area contributed by atoms with E-state index in [1.165, 1.54) is 5.56 Å². The average molecular weight is 447 g/mol. The Morgan fingerprint density at radius 3 is 2.62 bits per heavy atom. The van der Waals surface area contributed by atoms with Crippen LogP contribution in [0.15, 0.2) is 78.1 Å². The molecule has 0 spiro atoms. The van der Waals surface area contributed by atoms with Crippen LogP contribution in [0.5, 0.6) is 0 Å². The Morgan fingerprint density at radius 1 is 1.03 bits per heavy atom. The lowest BCUT2D eigenvalue weighted by molar-refractivity contribution is 0.0948. The number of ether oxygens (including phenoxy) is 1. The third kappa shape index (κ3) is 5.55. The molecule has 2 heterocycles. The summed E-state index contributed by atoms with van der Waals surface area (Å²) in [5.74, 6) is 0.772. The smallest absolute Gasteiger partial charge is 0.251 e. The number of methoxy groups -OCH3 is 1. The fraction of sp³-hybridized carbons (Fsp3) is 0.240. The van der Waals surface area contributed by atoms with Crippen LogP contribution >= 0.6 is 11.8 Å². The van der Waals surface area contributed by atoms with E-state index in [1.54, 1.807) is 25.1 Å². The number of hydrogen-bond acceptors (Lipinski definition) is 5. The topological polar surface area (TPSA) is 69.0 Å². The minimum Gasteiger partial charge on any atom is -0.385 e. The maximum Gasteiger partial charge on any atom is 0.251 e. The van der Waals surface area contributed by atoms with Crippen LogP contribution in [0.3, 0.4) is 0 Å². The van der Waals surface area contributed by atoms with Crippen LogP contribution < -0.4 is 5.32 Å². The number of thioether (sulfide) groups is 1. The molecule has 0 aliphatic heterocycles. The Labute approximate surface area is 192 Å². The zero-order chi connectivity index (χ0) is 22.2. The number of fused-ring (bicyclic) bond motifs is 1. The first kappa shape index (κ1) is 22.0. The zero-order valence-electron chi connectivity index (χ0n) is 18.0. The Kier molecular flexibility index (Phi) is 7.53. The number of benzene rings is 2. The van der Waals surface area contributed by atoms with Crippen LogP contribution in [-0.2, 0) is 17.0 Å². The number of nitrogens with zero attached hydrogens (tertiary/aromatic N) is 3. The van der Waals surface area contributed by atoms with Crippen molar-refractivity contribution in [1.29, 1.82) is 0 Å². The maximum atomic E-state index is 12.3. The van der Waals surface area contributed by atoms with Crippen molar-refractivity contribution in [2.45, 2.75) is 23.9 Å². The summed E-state index contributed by atoms with van der Waals surface area (Å²) in [5, 5.41) is 3.85. The van der Waals surface area contributed by atoms with Gasteiger partial charge in [0.2, 0.25) is 0 Å². The number of carbonyl (C=O) groups is 1. The summed E-state index contributed by atoms with van der Waals surface area (Å²) in [6, 6.07) is 22.0. The lowest BCUT2D eigenvalue weighted by atomic mass is 10.1. The standard InChI is InChI=1S/C25H26N4O2S/c1-31-16-6-15-27-24(30)21-12-10-19(11-13-21)17-29-23-22(9-5-14-26-23)28-25(29)32-18-20-7-3-2-4-8-20/h2-5,7-14H,6,15-18H2,1H3,(H,27,30). The van der Waals surface area contributed by atoms with Crippen molar-refractivity contribution in [3.05, 3.63) is 89.6 Å². The van der Waals surface area contributed by atoms with Gasteiger partial charge in [-0.1, -0.05) is 54.2 Å². The number of aromatic nitrogens is 3. The molecule has 7 heteroatoms. The van der Waals surface area contributed by atoms with Gasteiger partial charge in [0, 0.05) is 37.8 Å². The van der Waals surface area contributed by atoms with E-state index in [9.17, 15) is 4.79 Å². The molecule has 0 fully saturated rings. The van der Waals surface area contributed by atoms with E-state index in [0.29, 0.717) is 25.3 Å². The van der Waals surface area contributed by atoms with E-state index in [2.05, 4.69) is 39.1 Å². The predicted octanol–water partition coefficient (Wildman–Crippen LogP) is 4.54. The highest BCUT2D eigenvalue weighted by molar-refractivity contribution is 7.98. The lowest BCUT2D eigenvalue weighted by Crippen LogP contribution is -2.25. The molecule has 0 aliphatic rings. The first-order valence-corrected chi connectivity index (χ1v) is 11.6. The third-order valence-corrected chi connectivity index (χ3v) is 6.09. The number of pyridine rings is 1. The predicted molar refractivity (Wildman–Crippen MR) is 128 cm³/mol. The number of carbonyl (C=O) groups excluding carboxylic acids is 1. The van der Waals surface area contributed by atoms with Gasteiger partial charge in [-0.3, -0.25) is 9.36 Å². The minimum atomic E-state index is -0.0680. The van der Waals surface area contributed by atoms with Gasteiger partial charge in [-0.2, -0.15) is 0 Å². The van der Waals surface area contributed by atoms with Crippen molar-refractivity contribution in [3.8, 4) is 0 Å². The van der Waals surface area contributed by atoms with E-state index >= 15 is 0 Å². The summed E-state index contributed by atoms with van der Waals surface area (Å²) in [6.07, 6.45) is 2.59. The molecule has 0 aliphatic carbocycles. The average Bonchev–Trinajstić information content (AvgIpc) is 3.19. The summed E-state index contributed by atoms with van der Waals surface area (Å²) >= 11 is 1.70. The molecular weight excluding hydrogens is 420 g/mol. The first-order valence-electron chi connectivity index (χ1n) is 10.6. The summed E-state index contributed by atoms with van der Waals surface area (Å²) in [7, 11) is 1.66. The molecule has 1 N–H and O–H groups in total. The Balaban J connectivity index is 1.48. The summed E-state index contributed by atoms with van der Waals surface area (Å²) < 4.78 is 7.15. The summed E-state index contributed by atoms with van der Waals surface area (Å²) in [5.41, 5.74) is 4.74. The molecular formula is C25H26N4O2S. The molecule has 4 rings (SSSR count). The molecule has 0 unspecified atom stereocenters. The normalized spacial score (nSPS) is 11.0. The SMILES string of the molecule is COCCCNC(=O)c1ccc(Cn2c(SCc3ccccc3)nc3cccnc32)cc1. The molecule has 164 valence electrons. The van der Waals surface area contributed by atoms with Gasteiger partial charge in [-0.25, -0.2) is 9.97 Å². The molecule has 32 heavy (non-hydrogen) atoms. The van der Waals surface area contributed by atoms with E-state index in [-0.39, 0.29) is 5.91 Å². The Morgan fingerprint density at radius 2 is 1.84 bits per heavy atom. The minimum absolute atomic E-state index is 0.0680. The van der Waals surface area contributed by atoms with E-state index in [4.69, 9.17) is 9.72 Å². The van der Waals surface area contributed by atoms with Crippen LogP contribution in [0.4, 0.5) is 0 Å². The van der Waals surface area contributed by atoms with Crippen LogP contribution in [0.2, 0.25) is 0 Å². The second kappa shape index (κ2) is 10.9. The van der Waals surface area contributed by atoms with Gasteiger partial charge in [0.15, 0.2) is 10.8 Å². The van der Waals surface area contributed by atoms with Crippen molar-refractivity contribution in [2.75, 3.05) is 20.3 Å². The fourth-order valence-corrected chi connectivity index (χ4v) is 4.34. The molecule has 2 aromatic heterocycles. The molecule has 0 bridgehead atoms. The van der Waals surface area contributed by atoms with Gasteiger partial charge in [0.1, 0.15) is 5.52 Å². The Hall–Kier alpha value is -3.16. The number of hydrogen-bond donors (Lipinski definition) is 1. The summed E-state index contributed by atoms with van der Waals surface area (Å²) in [4.78, 5) is 21.7. The van der Waals surface area contributed by atoms with Crippen molar-refractivity contribution in [1.82, 2.24) is 19.9 Å². The number of imidazole rings is 1. The van der Waals surface area contributed by atoms with Gasteiger partial charge in [-0.15, -0.1) is 0 Å². The zero-order valence-corrected chi connectivity index (χ0v) is 18.8. The largest absolute Gasteiger partial charge is 0.385 e. The van der Waals surface area contributed by atoms with Gasteiger partial charge in [0.05, 0.1) is 6.54 Å². The summed E-state index contributed by atoms with van der Waals surface area (Å²) in [6.45, 7) is 1.88. The van der Waals surface area contributed by atoms with Crippen molar-refractivity contribution in [3.63, 3.8) is 0 Å². The van der Waals surface area contributed by atoms with E-state index in [1.807, 2.05) is 42.5 Å². The van der Waals surface area contributed by atoms with E-state index in [0.717, 1.165) is 34.1 Å². The molecule has 2 aromatic carbocycles. The molecule has 1 amide bonds. The highest BCUT2D eigenvalue weighted by atomic mass is 32.2. The van der Waals surface area contributed by atoms with Crippen molar-refractivity contribution in [2.24, 2.45) is 0 Å². The third-order valence-electron chi connectivity index (χ3n) is 5.05. The maximum absolute atomic E-state index is 12.3. The number of amides is 1. The van der Waals surface area contributed by atoms with Gasteiger partial charge in [-0.05, 0) is 41.8 Å². The Bertz CT molecular complexity index is 1160. The highest BCUT2D eigenvalue weighted by Gasteiger charge is 2.13. The fourth-order valence-electron chi connectivity index (χ4n) is 3.38. The van der Waals surface area contributed by atoms with Crippen molar-refractivity contribution < 1.29 is 9.53 Å². The van der Waals surface area contributed by atoms with Crippen LogP contribution in [0.1, 0.15) is 27.9 Å². The second-order valence-electron chi connectivity index (χ2n) is 7.40.